The summed E-state index contributed by atoms with van der Waals surface area (Å²) in [5.74, 6) is -0.213. The fourth-order valence-electron chi connectivity index (χ4n) is 1.43. The minimum absolute atomic E-state index is 0.110. The molecule has 80 valence electrons. The van der Waals surface area contributed by atoms with Crippen molar-refractivity contribution >= 4 is 6.08 Å². The molecule has 1 fully saturated rings. The van der Waals surface area contributed by atoms with E-state index in [-0.39, 0.29) is 12.1 Å². The van der Waals surface area contributed by atoms with Crippen LogP contribution in [0.2, 0.25) is 0 Å². The van der Waals surface area contributed by atoms with Crippen molar-refractivity contribution in [3.8, 4) is 0 Å². The van der Waals surface area contributed by atoms with Crippen LogP contribution in [0, 0.1) is 5.82 Å². The fraction of sp³-hybridized carbons (Fsp3) is 0.333. The van der Waals surface area contributed by atoms with E-state index in [0.717, 1.165) is 12.0 Å². The molecule has 0 saturated carbocycles. The van der Waals surface area contributed by atoms with Gasteiger partial charge in [0.05, 0.1) is 13.2 Å². The molecule has 1 aliphatic heterocycles. The Bertz CT molecular complexity index is 326. The molecule has 0 bridgehead atoms. The second kappa shape index (κ2) is 5.05. The van der Waals surface area contributed by atoms with Gasteiger partial charge in [-0.25, -0.2) is 4.39 Å². The average Bonchev–Trinajstić information content (AvgIpc) is 2.74. The van der Waals surface area contributed by atoms with E-state index >= 15 is 0 Å². The van der Waals surface area contributed by atoms with Gasteiger partial charge in [-0.3, -0.25) is 0 Å². The summed E-state index contributed by atoms with van der Waals surface area (Å²) in [6.45, 7) is 1.35. The van der Waals surface area contributed by atoms with Crippen LogP contribution in [0.15, 0.2) is 30.3 Å². The summed E-state index contributed by atoms with van der Waals surface area (Å²) in [6.07, 6.45) is 4.53. The van der Waals surface area contributed by atoms with Crippen molar-refractivity contribution < 1.29 is 13.9 Å². The first kappa shape index (κ1) is 10.3. The van der Waals surface area contributed by atoms with Crippen LogP contribution in [0.4, 0.5) is 4.39 Å². The number of hydrogen-bond acceptors (Lipinski definition) is 2. The minimum Gasteiger partial charge on any atom is -0.350 e. The van der Waals surface area contributed by atoms with Crippen molar-refractivity contribution in [2.24, 2.45) is 0 Å². The lowest BCUT2D eigenvalue weighted by Gasteiger charge is -2.03. The van der Waals surface area contributed by atoms with Gasteiger partial charge in [-0.05, 0) is 17.7 Å². The minimum atomic E-state index is -0.213. The molecule has 3 heteroatoms. The second-order valence-electron chi connectivity index (χ2n) is 3.36. The Morgan fingerprint density at radius 3 is 2.53 bits per heavy atom. The third-order valence-corrected chi connectivity index (χ3v) is 2.20. The maximum absolute atomic E-state index is 12.6. The van der Waals surface area contributed by atoms with Crippen molar-refractivity contribution in [3.05, 3.63) is 41.7 Å². The van der Waals surface area contributed by atoms with Crippen LogP contribution in [0.5, 0.6) is 0 Å². The molecule has 1 aromatic rings. The number of benzene rings is 1. The van der Waals surface area contributed by atoms with Gasteiger partial charge >= 0.3 is 0 Å². The van der Waals surface area contributed by atoms with Gasteiger partial charge in [0, 0.05) is 6.42 Å². The molecule has 1 heterocycles. The number of halogens is 1. The first-order valence-corrected chi connectivity index (χ1v) is 5.00. The Morgan fingerprint density at radius 2 is 1.87 bits per heavy atom. The Kier molecular flexibility index (Phi) is 3.48. The van der Waals surface area contributed by atoms with E-state index in [0.29, 0.717) is 13.2 Å². The Hall–Kier alpha value is -1.19. The molecule has 0 amide bonds. The van der Waals surface area contributed by atoms with E-state index in [1.54, 1.807) is 12.1 Å². The number of hydrogen-bond donors (Lipinski definition) is 0. The van der Waals surface area contributed by atoms with E-state index in [9.17, 15) is 4.39 Å². The molecule has 15 heavy (non-hydrogen) atoms. The highest BCUT2D eigenvalue weighted by Gasteiger charge is 2.13. The van der Waals surface area contributed by atoms with Gasteiger partial charge in [0.25, 0.3) is 0 Å². The fourth-order valence-corrected chi connectivity index (χ4v) is 1.43. The zero-order valence-electron chi connectivity index (χ0n) is 8.36. The first-order chi connectivity index (χ1) is 7.34. The van der Waals surface area contributed by atoms with E-state index < -0.39 is 0 Å². The smallest absolute Gasteiger partial charge is 0.161 e. The molecule has 0 radical (unpaired) electrons. The largest absolute Gasteiger partial charge is 0.350 e. The molecule has 2 nitrogen and oxygen atoms in total. The molecule has 0 aliphatic carbocycles. The average molecular weight is 208 g/mol. The molecule has 2 rings (SSSR count). The maximum Gasteiger partial charge on any atom is 0.161 e. The van der Waals surface area contributed by atoms with Gasteiger partial charge in [-0.2, -0.15) is 0 Å². The van der Waals surface area contributed by atoms with Gasteiger partial charge in [-0.1, -0.05) is 24.3 Å². The summed E-state index contributed by atoms with van der Waals surface area (Å²) in [6, 6.07) is 6.37. The van der Waals surface area contributed by atoms with Crippen molar-refractivity contribution in [2.75, 3.05) is 13.2 Å². The number of rotatable bonds is 3. The van der Waals surface area contributed by atoms with Crippen molar-refractivity contribution in [1.29, 1.82) is 0 Å². The molecule has 1 aromatic carbocycles. The maximum atomic E-state index is 12.6. The van der Waals surface area contributed by atoms with Crippen LogP contribution in [-0.2, 0) is 9.47 Å². The van der Waals surface area contributed by atoms with Crippen molar-refractivity contribution in [1.82, 2.24) is 0 Å². The SMILES string of the molecule is Fc1ccc(C=CCC2OCCO2)cc1. The zero-order chi connectivity index (χ0) is 10.5. The van der Waals surface area contributed by atoms with Crippen molar-refractivity contribution in [2.45, 2.75) is 12.7 Å². The summed E-state index contributed by atoms with van der Waals surface area (Å²) >= 11 is 0. The van der Waals surface area contributed by atoms with E-state index in [2.05, 4.69) is 0 Å². The Labute approximate surface area is 88.3 Å². The molecule has 0 N–H and O–H groups in total. The van der Waals surface area contributed by atoms with Crippen LogP contribution >= 0.6 is 0 Å². The summed E-state index contributed by atoms with van der Waals surface area (Å²) in [5, 5.41) is 0. The summed E-state index contributed by atoms with van der Waals surface area (Å²) in [7, 11) is 0. The van der Waals surface area contributed by atoms with Crippen LogP contribution < -0.4 is 0 Å². The van der Waals surface area contributed by atoms with E-state index in [4.69, 9.17) is 9.47 Å². The van der Waals surface area contributed by atoms with Gasteiger partial charge in [0.2, 0.25) is 0 Å². The quantitative estimate of drug-likeness (QED) is 0.760. The van der Waals surface area contributed by atoms with E-state index in [1.165, 1.54) is 12.1 Å². The topological polar surface area (TPSA) is 18.5 Å². The van der Waals surface area contributed by atoms with Gasteiger partial charge < -0.3 is 9.47 Å². The van der Waals surface area contributed by atoms with Crippen LogP contribution in [0.1, 0.15) is 12.0 Å². The highest BCUT2D eigenvalue weighted by Crippen LogP contribution is 2.10. The summed E-state index contributed by atoms with van der Waals surface area (Å²) < 4.78 is 23.1. The predicted molar refractivity (Wildman–Crippen MR) is 55.7 cm³/mol. The van der Waals surface area contributed by atoms with E-state index in [1.807, 2.05) is 12.2 Å². The molecule has 0 aromatic heterocycles. The number of ether oxygens (including phenoxy) is 2. The normalized spacial score (nSPS) is 17.7. The molecule has 0 atom stereocenters. The lowest BCUT2D eigenvalue weighted by molar-refractivity contribution is -0.0379. The molecular weight excluding hydrogens is 195 g/mol. The lowest BCUT2D eigenvalue weighted by atomic mass is 10.2. The Balaban J connectivity index is 1.85. The molecule has 1 saturated heterocycles. The second-order valence-corrected chi connectivity index (χ2v) is 3.36. The first-order valence-electron chi connectivity index (χ1n) is 5.00. The lowest BCUT2D eigenvalue weighted by Crippen LogP contribution is -2.04. The van der Waals surface area contributed by atoms with Crippen LogP contribution in [0.25, 0.3) is 6.08 Å². The monoisotopic (exact) mass is 208 g/mol. The molecule has 1 aliphatic rings. The third kappa shape index (κ3) is 3.15. The van der Waals surface area contributed by atoms with Gasteiger partial charge in [0.1, 0.15) is 5.82 Å². The zero-order valence-corrected chi connectivity index (χ0v) is 8.36. The predicted octanol–water partition coefficient (Wildman–Crippen LogP) is 2.60. The highest BCUT2D eigenvalue weighted by molar-refractivity contribution is 5.48. The molecular formula is C12H13FO2. The van der Waals surface area contributed by atoms with Crippen LogP contribution in [-0.4, -0.2) is 19.5 Å². The summed E-state index contributed by atoms with van der Waals surface area (Å²) in [4.78, 5) is 0. The van der Waals surface area contributed by atoms with Gasteiger partial charge in [0.15, 0.2) is 6.29 Å². The van der Waals surface area contributed by atoms with Gasteiger partial charge in [-0.15, -0.1) is 0 Å². The highest BCUT2D eigenvalue weighted by atomic mass is 19.1. The molecule has 0 spiro atoms. The van der Waals surface area contributed by atoms with Crippen molar-refractivity contribution in [3.63, 3.8) is 0 Å². The third-order valence-electron chi connectivity index (χ3n) is 2.20. The molecule has 0 unspecified atom stereocenters. The summed E-state index contributed by atoms with van der Waals surface area (Å²) in [5.41, 5.74) is 0.981. The Morgan fingerprint density at radius 1 is 1.20 bits per heavy atom. The standard InChI is InChI=1S/C12H13FO2/c13-11-6-4-10(5-7-11)2-1-3-12-14-8-9-15-12/h1-2,4-7,12H,3,8-9H2. The van der Waals surface area contributed by atoms with Crippen LogP contribution in [0.3, 0.4) is 0 Å².